The van der Waals surface area contributed by atoms with Gasteiger partial charge < -0.3 is 19.9 Å². The highest BCUT2D eigenvalue weighted by Crippen LogP contribution is 2.18. The van der Waals surface area contributed by atoms with E-state index < -0.39 is 24.4 Å². The van der Waals surface area contributed by atoms with Gasteiger partial charge in [-0.1, -0.05) is 0 Å². The van der Waals surface area contributed by atoms with Gasteiger partial charge in [-0.15, -0.1) is 0 Å². The molecule has 88 valence electrons. The monoisotopic (exact) mass is 227 g/mol. The van der Waals surface area contributed by atoms with E-state index in [2.05, 4.69) is 0 Å². The summed E-state index contributed by atoms with van der Waals surface area (Å²) in [7, 11) is 0. The fourth-order valence-electron chi connectivity index (χ4n) is 1.55. The molecule has 16 heavy (non-hydrogen) atoms. The molecule has 0 saturated heterocycles. The summed E-state index contributed by atoms with van der Waals surface area (Å²) in [5.41, 5.74) is 1.17. The zero-order valence-electron chi connectivity index (χ0n) is 8.75. The first-order chi connectivity index (χ1) is 7.45. The standard InChI is InChI=1S/C10H13NO5/c1-6-2-7(5-12)4-11(6)8(10(15)16)3-9(13)14/h2,4,8,12H,3,5H2,1H3,(H,13,14)(H,15,16). The molecular weight excluding hydrogens is 214 g/mol. The van der Waals surface area contributed by atoms with Gasteiger partial charge in [-0.25, -0.2) is 4.79 Å². The first kappa shape index (κ1) is 12.3. The van der Waals surface area contributed by atoms with E-state index in [1.807, 2.05) is 0 Å². The molecule has 0 aliphatic carbocycles. The average Bonchev–Trinajstić information content (AvgIpc) is 2.55. The van der Waals surface area contributed by atoms with E-state index in [1.165, 1.54) is 10.8 Å². The lowest BCUT2D eigenvalue weighted by Crippen LogP contribution is -2.22. The molecule has 0 aliphatic rings. The first-order valence-corrected chi connectivity index (χ1v) is 4.68. The highest BCUT2D eigenvalue weighted by atomic mass is 16.4. The van der Waals surface area contributed by atoms with Gasteiger partial charge >= 0.3 is 11.9 Å². The van der Waals surface area contributed by atoms with Gasteiger partial charge in [0.05, 0.1) is 13.0 Å². The van der Waals surface area contributed by atoms with Crippen LogP contribution < -0.4 is 0 Å². The Kier molecular flexibility index (Phi) is 3.68. The van der Waals surface area contributed by atoms with Crippen molar-refractivity contribution in [3.05, 3.63) is 23.5 Å². The van der Waals surface area contributed by atoms with Gasteiger partial charge in [0.1, 0.15) is 6.04 Å². The summed E-state index contributed by atoms with van der Waals surface area (Å²) >= 11 is 0. The van der Waals surface area contributed by atoms with Gasteiger partial charge in [0, 0.05) is 11.9 Å². The second-order valence-corrected chi connectivity index (χ2v) is 3.51. The Morgan fingerprint density at radius 3 is 2.44 bits per heavy atom. The lowest BCUT2D eigenvalue weighted by Gasteiger charge is -2.14. The zero-order chi connectivity index (χ0) is 12.3. The molecule has 3 N–H and O–H groups in total. The third-order valence-electron chi connectivity index (χ3n) is 2.28. The summed E-state index contributed by atoms with van der Waals surface area (Å²) in [6.45, 7) is 1.46. The number of carboxylic acid groups (broad SMARTS) is 2. The molecule has 1 atom stereocenters. The number of rotatable bonds is 5. The van der Waals surface area contributed by atoms with Gasteiger partial charge in [-0.05, 0) is 18.6 Å². The van der Waals surface area contributed by atoms with Crippen LogP contribution in [0.1, 0.15) is 23.7 Å². The number of hydrogen-bond acceptors (Lipinski definition) is 3. The Morgan fingerprint density at radius 1 is 1.44 bits per heavy atom. The maximum atomic E-state index is 10.9. The summed E-state index contributed by atoms with van der Waals surface area (Å²) in [6, 6.07) is 0.482. The molecule has 0 aliphatic heterocycles. The molecule has 1 rings (SSSR count). The lowest BCUT2D eigenvalue weighted by molar-refractivity contribution is -0.147. The molecule has 1 aromatic heterocycles. The number of aliphatic carboxylic acids is 2. The summed E-state index contributed by atoms with van der Waals surface area (Å²) in [5, 5.41) is 26.5. The summed E-state index contributed by atoms with van der Waals surface area (Å²) in [5.74, 6) is -2.38. The van der Waals surface area contributed by atoms with Gasteiger partial charge in [-0.3, -0.25) is 4.79 Å². The molecule has 6 nitrogen and oxygen atoms in total. The van der Waals surface area contributed by atoms with Crippen LogP contribution in [-0.2, 0) is 16.2 Å². The van der Waals surface area contributed by atoms with Gasteiger partial charge in [-0.2, -0.15) is 0 Å². The number of aliphatic hydroxyl groups is 1. The van der Waals surface area contributed by atoms with Crippen molar-refractivity contribution in [3.63, 3.8) is 0 Å². The van der Waals surface area contributed by atoms with Crippen molar-refractivity contribution in [2.75, 3.05) is 0 Å². The van der Waals surface area contributed by atoms with Crippen LogP contribution >= 0.6 is 0 Å². The molecular formula is C10H13NO5. The molecule has 6 heteroatoms. The number of nitrogens with zero attached hydrogens (tertiary/aromatic N) is 1. The molecule has 0 radical (unpaired) electrons. The number of aromatic nitrogens is 1. The van der Waals surface area contributed by atoms with Crippen molar-refractivity contribution in [2.45, 2.75) is 26.0 Å². The molecule has 1 unspecified atom stereocenters. The molecule has 0 bridgehead atoms. The molecule has 0 amide bonds. The smallest absolute Gasteiger partial charge is 0.327 e. The van der Waals surface area contributed by atoms with E-state index in [4.69, 9.17) is 15.3 Å². The van der Waals surface area contributed by atoms with E-state index in [-0.39, 0.29) is 6.61 Å². The molecule has 0 aromatic carbocycles. The van der Waals surface area contributed by atoms with Crippen molar-refractivity contribution >= 4 is 11.9 Å². The highest BCUT2D eigenvalue weighted by molar-refractivity contribution is 5.79. The third-order valence-corrected chi connectivity index (χ3v) is 2.28. The number of aliphatic hydroxyl groups excluding tert-OH is 1. The van der Waals surface area contributed by atoms with Crippen molar-refractivity contribution in [1.82, 2.24) is 4.57 Å². The number of carbonyl (C=O) groups is 2. The maximum absolute atomic E-state index is 10.9. The molecule has 0 spiro atoms. The zero-order valence-corrected chi connectivity index (χ0v) is 8.75. The van der Waals surface area contributed by atoms with Crippen LogP contribution in [0.15, 0.2) is 12.3 Å². The minimum Gasteiger partial charge on any atom is -0.481 e. The predicted octanol–water partition coefficient (Wildman–Crippen LogP) is 0.389. The number of hydrogen-bond donors (Lipinski definition) is 3. The average molecular weight is 227 g/mol. The SMILES string of the molecule is Cc1cc(CO)cn1C(CC(=O)O)C(=O)O. The van der Waals surface area contributed by atoms with E-state index in [9.17, 15) is 9.59 Å². The summed E-state index contributed by atoms with van der Waals surface area (Å²) in [4.78, 5) is 21.5. The Bertz CT molecular complexity index is 409. The van der Waals surface area contributed by atoms with Crippen LogP contribution in [0.4, 0.5) is 0 Å². The highest BCUT2D eigenvalue weighted by Gasteiger charge is 2.24. The van der Waals surface area contributed by atoms with Crippen LogP contribution in [0.2, 0.25) is 0 Å². The van der Waals surface area contributed by atoms with Crippen molar-refractivity contribution < 1.29 is 24.9 Å². The minimum atomic E-state index is -1.20. The molecule has 0 saturated carbocycles. The van der Waals surface area contributed by atoms with Crippen LogP contribution in [0.25, 0.3) is 0 Å². The van der Waals surface area contributed by atoms with Gasteiger partial charge in [0.2, 0.25) is 0 Å². The Balaban J connectivity index is 3.05. The van der Waals surface area contributed by atoms with E-state index >= 15 is 0 Å². The molecule has 0 fully saturated rings. The third kappa shape index (κ3) is 2.60. The van der Waals surface area contributed by atoms with Crippen LogP contribution in [0.3, 0.4) is 0 Å². The summed E-state index contributed by atoms with van der Waals surface area (Å²) in [6.07, 6.45) is 0.965. The van der Waals surface area contributed by atoms with Gasteiger partial charge in [0.15, 0.2) is 0 Å². The Hall–Kier alpha value is -1.82. The normalized spacial score (nSPS) is 12.4. The van der Waals surface area contributed by atoms with Crippen molar-refractivity contribution in [1.29, 1.82) is 0 Å². The van der Waals surface area contributed by atoms with Crippen LogP contribution in [0.5, 0.6) is 0 Å². The first-order valence-electron chi connectivity index (χ1n) is 4.68. The van der Waals surface area contributed by atoms with E-state index in [0.717, 1.165) is 0 Å². The Labute approximate surface area is 91.7 Å². The predicted molar refractivity (Wildman–Crippen MR) is 54.0 cm³/mol. The van der Waals surface area contributed by atoms with Crippen LogP contribution in [0, 0.1) is 6.92 Å². The second kappa shape index (κ2) is 4.80. The van der Waals surface area contributed by atoms with Crippen LogP contribution in [-0.4, -0.2) is 31.8 Å². The topological polar surface area (TPSA) is 99.8 Å². The lowest BCUT2D eigenvalue weighted by atomic mass is 10.2. The number of aryl methyl sites for hydroxylation is 1. The van der Waals surface area contributed by atoms with E-state index in [1.54, 1.807) is 13.0 Å². The number of carboxylic acids is 2. The fourth-order valence-corrected chi connectivity index (χ4v) is 1.55. The van der Waals surface area contributed by atoms with Gasteiger partial charge in [0.25, 0.3) is 0 Å². The fraction of sp³-hybridized carbons (Fsp3) is 0.400. The maximum Gasteiger partial charge on any atom is 0.327 e. The second-order valence-electron chi connectivity index (χ2n) is 3.51. The molecule has 1 heterocycles. The van der Waals surface area contributed by atoms with Crippen molar-refractivity contribution in [3.8, 4) is 0 Å². The minimum absolute atomic E-state index is 0.201. The van der Waals surface area contributed by atoms with E-state index in [0.29, 0.717) is 11.3 Å². The van der Waals surface area contributed by atoms with Crippen molar-refractivity contribution in [2.24, 2.45) is 0 Å². The Morgan fingerprint density at radius 2 is 2.06 bits per heavy atom. The largest absolute Gasteiger partial charge is 0.481 e. The quantitative estimate of drug-likeness (QED) is 0.675. The summed E-state index contributed by atoms with van der Waals surface area (Å²) < 4.78 is 1.35. The molecule has 1 aromatic rings.